The van der Waals surface area contributed by atoms with Gasteiger partial charge in [-0.3, -0.25) is 4.79 Å². The molecule has 1 fully saturated rings. The van der Waals surface area contributed by atoms with Crippen LogP contribution in [0.25, 0.3) is 0 Å². The number of nitrogens with one attached hydrogen (secondary N) is 1. The van der Waals surface area contributed by atoms with E-state index in [4.69, 9.17) is 9.47 Å². The van der Waals surface area contributed by atoms with E-state index in [-0.39, 0.29) is 18.6 Å². The molecule has 1 amide bonds. The Labute approximate surface area is 144 Å². The van der Waals surface area contributed by atoms with Gasteiger partial charge in [0.1, 0.15) is 6.61 Å². The van der Waals surface area contributed by atoms with Crippen molar-refractivity contribution in [1.82, 2.24) is 10.3 Å². The molecule has 2 aromatic rings. The number of amides is 1. The second-order valence-electron chi connectivity index (χ2n) is 5.80. The minimum absolute atomic E-state index is 0.0419. The van der Waals surface area contributed by atoms with Gasteiger partial charge in [0, 0.05) is 25.3 Å². The number of carbonyl (C=O) groups is 2. The van der Waals surface area contributed by atoms with Crippen LogP contribution in [0.3, 0.4) is 0 Å². The lowest BCUT2D eigenvalue weighted by Gasteiger charge is -2.23. The van der Waals surface area contributed by atoms with Crippen molar-refractivity contribution in [2.75, 3.05) is 13.2 Å². The highest BCUT2D eigenvalue weighted by Crippen LogP contribution is 2.20. The summed E-state index contributed by atoms with van der Waals surface area (Å²) in [5.41, 5.74) is -0.102. The van der Waals surface area contributed by atoms with Crippen molar-refractivity contribution >= 4 is 11.9 Å². The maximum atomic E-state index is 12.3. The molecule has 1 unspecified atom stereocenters. The van der Waals surface area contributed by atoms with Gasteiger partial charge >= 0.3 is 5.97 Å². The fourth-order valence-electron chi connectivity index (χ4n) is 2.51. The summed E-state index contributed by atoms with van der Waals surface area (Å²) in [5.74, 6) is -1.22. The summed E-state index contributed by atoms with van der Waals surface area (Å²) < 4.78 is 10.7. The van der Waals surface area contributed by atoms with E-state index in [2.05, 4.69) is 10.3 Å². The van der Waals surface area contributed by atoms with E-state index in [0.29, 0.717) is 19.1 Å². The molecule has 0 spiro atoms. The molecule has 25 heavy (non-hydrogen) atoms. The third-order valence-corrected chi connectivity index (χ3v) is 4.01. The fraction of sp³-hybridized carbons (Fsp3) is 0.278. The highest BCUT2D eigenvalue weighted by Gasteiger charge is 2.44. The van der Waals surface area contributed by atoms with E-state index in [1.54, 1.807) is 12.1 Å². The Balaban J connectivity index is 1.61. The molecule has 0 radical (unpaired) electrons. The fourth-order valence-corrected chi connectivity index (χ4v) is 2.51. The lowest BCUT2D eigenvalue weighted by atomic mass is 9.98. The van der Waals surface area contributed by atoms with Crippen LogP contribution < -0.4 is 10.1 Å². The second-order valence-corrected chi connectivity index (χ2v) is 5.80. The van der Waals surface area contributed by atoms with Gasteiger partial charge in [0.25, 0.3) is 5.91 Å². The predicted molar refractivity (Wildman–Crippen MR) is 88.3 cm³/mol. The summed E-state index contributed by atoms with van der Waals surface area (Å²) in [6.45, 7) is 0.635. The SMILES string of the molecule is O=C(NC1(C(=O)O)CCOC1)c1ccc(OCc2ccccc2)nc1. The molecular formula is C18H18N2O5. The van der Waals surface area contributed by atoms with Crippen molar-refractivity contribution in [3.63, 3.8) is 0 Å². The number of carboxylic acid groups (broad SMARTS) is 1. The zero-order valence-electron chi connectivity index (χ0n) is 13.5. The number of benzene rings is 1. The first kappa shape index (κ1) is 16.9. The minimum Gasteiger partial charge on any atom is -0.479 e. The Morgan fingerprint density at radius 3 is 2.64 bits per heavy atom. The van der Waals surface area contributed by atoms with Crippen LogP contribution in [0.1, 0.15) is 22.3 Å². The first-order valence-electron chi connectivity index (χ1n) is 7.85. The van der Waals surface area contributed by atoms with Crippen molar-refractivity contribution in [2.24, 2.45) is 0 Å². The van der Waals surface area contributed by atoms with Gasteiger partial charge in [0.15, 0.2) is 5.54 Å². The molecule has 1 aromatic heterocycles. The molecule has 7 nitrogen and oxygen atoms in total. The van der Waals surface area contributed by atoms with Crippen molar-refractivity contribution in [1.29, 1.82) is 0 Å². The molecule has 1 aromatic carbocycles. The quantitative estimate of drug-likeness (QED) is 0.828. The number of carboxylic acids is 1. The molecule has 130 valence electrons. The Hall–Kier alpha value is -2.93. The number of pyridine rings is 1. The van der Waals surface area contributed by atoms with E-state index in [1.807, 2.05) is 30.3 Å². The molecule has 1 aliphatic rings. The number of hydrogen-bond acceptors (Lipinski definition) is 5. The van der Waals surface area contributed by atoms with Crippen LogP contribution in [0.15, 0.2) is 48.7 Å². The van der Waals surface area contributed by atoms with Crippen molar-refractivity contribution in [3.05, 3.63) is 59.8 Å². The molecule has 1 aliphatic heterocycles. The second kappa shape index (κ2) is 7.31. The third-order valence-electron chi connectivity index (χ3n) is 4.01. The Morgan fingerprint density at radius 1 is 1.24 bits per heavy atom. The number of aromatic nitrogens is 1. The first-order valence-corrected chi connectivity index (χ1v) is 7.85. The van der Waals surface area contributed by atoms with Gasteiger partial charge in [-0.1, -0.05) is 30.3 Å². The van der Waals surface area contributed by atoms with Gasteiger partial charge in [-0.05, 0) is 11.6 Å². The number of aliphatic carboxylic acids is 1. The number of ether oxygens (including phenoxy) is 2. The zero-order valence-corrected chi connectivity index (χ0v) is 13.5. The molecule has 3 rings (SSSR count). The largest absolute Gasteiger partial charge is 0.479 e. The topological polar surface area (TPSA) is 97.8 Å². The minimum atomic E-state index is -1.38. The van der Waals surface area contributed by atoms with Gasteiger partial charge in [0.05, 0.1) is 12.2 Å². The zero-order chi connectivity index (χ0) is 17.7. The van der Waals surface area contributed by atoms with Crippen LogP contribution in [0.4, 0.5) is 0 Å². The average Bonchev–Trinajstić information content (AvgIpc) is 3.11. The molecule has 0 aliphatic carbocycles. The maximum absolute atomic E-state index is 12.3. The van der Waals surface area contributed by atoms with Crippen LogP contribution in [0.2, 0.25) is 0 Å². The van der Waals surface area contributed by atoms with Gasteiger partial charge in [-0.2, -0.15) is 0 Å². The van der Waals surface area contributed by atoms with Crippen molar-refractivity contribution < 1.29 is 24.2 Å². The highest BCUT2D eigenvalue weighted by molar-refractivity contribution is 5.97. The van der Waals surface area contributed by atoms with E-state index in [9.17, 15) is 14.7 Å². The molecule has 1 saturated heterocycles. The number of nitrogens with zero attached hydrogens (tertiary/aromatic N) is 1. The van der Waals surface area contributed by atoms with Crippen LogP contribution in [0.5, 0.6) is 5.88 Å². The lowest BCUT2D eigenvalue weighted by molar-refractivity contribution is -0.144. The van der Waals surface area contributed by atoms with Crippen LogP contribution in [0, 0.1) is 0 Å². The monoisotopic (exact) mass is 342 g/mol. The first-order chi connectivity index (χ1) is 12.1. The van der Waals surface area contributed by atoms with E-state index in [1.165, 1.54) is 6.20 Å². The van der Waals surface area contributed by atoms with E-state index in [0.717, 1.165) is 5.56 Å². The molecule has 7 heteroatoms. The Morgan fingerprint density at radius 2 is 2.04 bits per heavy atom. The summed E-state index contributed by atoms with van der Waals surface area (Å²) in [5, 5.41) is 11.9. The smallest absolute Gasteiger partial charge is 0.331 e. The normalized spacial score (nSPS) is 19.4. The van der Waals surface area contributed by atoms with E-state index >= 15 is 0 Å². The molecule has 0 saturated carbocycles. The number of rotatable bonds is 6. The molecular weight excluding hydrogens is 324 g/mol. The molecule has 2 N–H and O–H groups in total. The average molecular weight is 342 g/mol. The van der Waals surface area contributed by atoms with Crippen LogP contribution >= 0.6 is 0 Å². The van der Waals surface area contributed by atoms with Gasteiger partial charge in [-0.15, -0.1) is 0 Å². The summed E-state index contributed by atoms with van der Waals surface area (Å²) in [7, 11) is 0. The number of hydrogen-bond donors (Lipinski definition) is 2. The molecule has 0 bridgehead atoms. The number of carbonyl (C=O) groups excluding carboxylic acids is 1. The Bertz CT molecular complexity index is 740. The van der Waals surface area contributed by atoms with Crippen molar-refractivity contribution in [2.45, 2.75) is 18.6 Å². The van der Waals surface area contributed by atoms with Crippen LogP contribution in [-0.4, -0.2) is 40.7 Å². The summed E-state index contributed by atoms with van der Waals surface area (Å²) in [6.07, 6.45) is 1.60. The predicted octanol–water partition coefficient (Wildman–Crippen LogP) is 1.63. The Kier molecular flexibility index (Phi) is 4.95. The summed E-state index contributed by atoms with van der Waals surface area (Å²) in [6, 6.07) is 12.8. The van der Waals surface area contributed by atoms with Crippen molar-refractivity contribution in [3.8, 4) is 5.88 Å². The van der Waals surface area contributed by atoms with Gasteiger partial charge < -0.3 is 19.9 Å². The highest BCUT2D eigenvalue weighted by atomic mass is 16.5. The maximum Gasteiger partial charge on any atom is 0.331 e. The standard InChI is InChI=1S/C18H18N2O5/c21-16(20-18(17(22)23)8-9-24-12-18)14-6-7-15(19-10-14)25-11-13-4-2-1-3-5-13/h1-7,10H,8-9,11-12H2,(H,20,21)(H,22,23). The molecule has 1 atom stereocenters. The van der Waals surface area contributed by atoms with Gasteiger partial charge in [0.2, 0.25) is 5.88 Å². The molecule has 2 heterocycles. The van der Waals surface area contributed by atoms with E-state index < -0.39 is 17.4 Å². The van der Waals surface area contributed by atoms with Crippen LogP contribution in [-0.2, 0) is 16.1 Å². The summed E-state index contributed by atoms with van der Waals surface area (Å²) >= 11 is 0. The third kappa shape index (κ3) is 3.95. The summed E-state index contributed by atoms with van der Waals surface area (Å²) in [4.78, 5) is 27.8. The lowest BCUT2D eigenvalue weighted by Crippen LogP contribution is -2.55. The van der Waals surface area contributed by atoms with Gasteiger partial charge in [-0.25, -0.2) is 9.78 Å².